The van der Waals surface area contributed by atoms with Crippen LogP contribution in [0.25, 0.3) is 0 Å². The number of aliphatic hydroxyl groups is 1. The molecule has 6 heteroatoms. The minimum atomic E-state index is -2.92. The van der Waals surface area contributed by atoms with Gasteiger partial charge in [-0.1, -0.05) is 6.92 Å². The van der Waals surface area contributed by atoms with Gasteiger partial charge in [0, 0.05) is 16.8 Å². The second-order valence-electron chi connectivity index (χ2n) is 3.72. The molecule has 0 aliphatic rings. The summed E-state index contributed by atoms with van der Waals surface area (Å²) in [6.45, 7) is 3.50. The highest BCUT2D eigenvalue weighted by atomic mass is 32.2. The molecule has 0 saturated heterocycles. The van der Waals surface area contributed by atoms with Crippen LogP contribution < -0.4 is 0 Å². The molecule has 0 aliphatic heterocycles. The zero-order valence-electron chi connectivity index (χ0n) is 9.51. The minimum Gasteiger partial charge on any atom is -0.386 e. The Bertz CT molecular complexity index is 425. The Morgan fingerprint density at radius 3 is 2.75 bits per heavy atom. The molecular formula is C10H17NO3S2. The van der Waals surface area contributed by atoms with Crippen LogP contribution in [0, 0.1) is 6.92 Å². The Hall–Kier alpha value is -0.460. The molecule has 0 spiro atoms. The van der Waals surface area contributed by atoms with Crippen LogP contribution in [-0.4, -0.2) is 30.0 Å². The lowest BCUT2D eigenvalue weighted by Crippen LogP contribution is -2.10. The van der Waals surface area contributed by atoms with Gasteiger partial charge < -0.3 is 5.11 Å². The topological polar surface area (TPSA) is 67.3 Å². The summed E-state index contributed by atoms with van der Waals surface area (Å²) in [5, 5.41) is 12.3. The van der Waals surface area contributed by atoms with E-state index in [0.717, 1.165) is 5.69 Å². The van der Waals surface area contributed by atoms with Crippen molar-refractivity contribution in [3.8, 4) is 0 Å². The van der Waals surface area contributed by atoms with Crippen molar-refractivity contribution in [2.75, 3.05) is 11.5 Å². The lowest BCUT2D eigenvalue weighted by Gasteiger charge is -2.06. The van der Waals surface area contributed by atoms with Crippen molar-refractivity contribution in [2.24, 2.45) is 0 Å². The van der Waals surface area contributed by atoms with Gasteiger partial charge >= 0.3 is 0 Å². The summed E-state index contributed by atoms with van der Waals surface area (Å²) in [7, 11) is -2.92. The van der Waals surface area contributed by atoms with E-state index in [4.69, 9.17) is 0 Å². The smallest absolute Gasteiger partial charge is 0.150 e. The van der Waals surface area contributed by atoms with Gasteiger partial charge in [0.25, 0.3) is 0 Å². The first kappa shape index (κ1) is 13.6. The average Bonchev–Trinajstić information content (AvgIpc) is 2.64. The van der Waals surface area contributed by atoms with Gasteiger partial charge in [-0.3, -0.25) is 0 Å². The van der Waals surface area contributed by atoms with Crippen LogP contribution in [0.3, 0.4) is 0 Å². The maximum atomic E-state index is 11.2. The van der Waals surface area contributed by atoms with Crippen molar-refractivity contribution in [2.45, 2.75) is 32.8 Å². The highest BCUT2D eigenvalue weighted by Crippen LogP contribution is 2.22. The van der Waals surface area contributed by atoms with E-state index < -0.39 is 15.9 Å². The summed E-state index contributed by atoms with van der Waals surface area (Å²) in [4.78, 5) is 4.16. The van der Waals surface area contributed by atoms with Gasteiger partial charge in [-0.25, -0.2) is 13.4 Å². The van der Waals surface area contributed by atoms with Crippen molar-refractivity contribution < 1.29 is 13.5 Å². The predicted molar refractivity (Wildman–Crippen MR) is 65.4 cm³/mol. The second-order valence-corrected chi connectivity index (χ2v) is 7.08. The number of nitrogens with zero attached hydrogens (tertiary/aromatic N) is 1. The van der Waals surface area contributed by atoms with Crippen molar-refractivity contribution in [1.82, 2.24) is 4.98 Å². The number of rotatable bonds is 6. The zero-order chi connectivity index (χ0) is 12.2. The summed E-state index contributed by atoms with van der Waals surface area (Å²) >= 11 is 1.41. The fourth-order valence-corrected chi connectivity index (χ4v) is 3.00. The van der Waals surface area contributed by atoms with Crippen LogP contribution in [0.2, 0.25) is 0 Å². The molecule has 92 valence electrons. The largest absolute Gasteiger partial charge is 0.386 e. The molecule has 1 aromatic rings. The van der Waals surface area contributed by atoms with Crippen LogP contribution in [0.1, 0.15) is 36.6 Å². The van der Waals surface area contributed by atoms with Crippen LogP contribution in [0.15, 0.2) is 5.38 Å². The van der Waals surface area contributed by atoms with Crippen LogP contribution in [0.5, 0.6) is 0 Å². The Morgan fingerprint density at radius 2 is 2.25 bits per heavy atom. The molecule has 0 radical (unpaired) electrons. The van der Waals surface area contributed by atoms with E-state index in [-0.39, 0.29) is 11.5 Å². The van der Waals surface area contributed by atoms with Gasteiger partial charge in [-0.2, -0.15) is 0 Å². The third kappa shape index (κ3) is 4.19. The molecule has 0 aliphatic carbocycles. The summed E-state index contributed by atoms with van der Waals surface area (Å²) in [6.07, 6.45) is 0.299. The number of hydrogen-bond acceptors (Lipinski definition) is 5. The van der Waals surface area contributed by atoms with E-state index >= 15 is 0 Å². The normalized spacial score (nSPS) is 13.9. The summed E-state index contributed by atoms with van der Waals surface area (Å²) in [6, 6.07) is 0. The lowest BCUT2D eigenvalue weighted by atomic mass is 10.2. The first-order valence-electron chi connectivity index (χ1n) is 5.25. The summed E-state index contributed by atoms with van der Waals surface area (Å²) in [5.41, 5.74) is 0.889. The molecular weight excluding hydrogens is 246 g/mol. The molecule has 0 bridgehead atoms. The molecule has 1 N–H and O–H groups in total. The van der Waals surface area contributed by atoms with Crippen molar-refractivity contribution >= 4 is 21.2 Å². The monoisotopic (exact) mass is 263 g/mol. The van der Waals surface area contributed by atoms with Crippen molar-refractivity contribution in [3.63, 3.8) is 0 Å². The number of aryl methyl sites for hydroxylation is 1. The van der Waals surface area contributed by atoms with Gasteiger partial charge in [-0.05, 0) is 19.8 Å². The SMILES string of the molecule is CCS(=O)(=O)CCCC(O)c1nc(C)cs1. The van der Waals surface area contributed by atoms with E-state index in [2.05, 4.69) is 4.98 Å². The molecule has 16 heavy (non-hydrogen) atoms. The van der Waals surface area contributed by atoms with E-state index in [1.165, 1.54) is 11.3 Å². The van der Waals surface area contributed by atoms with Gasteiger partial charge in [0.2, 0.25) is 0 Å². The Labute approximate surface area is 100 Å². The van der Waals surface area contributed by atoms with Crippen LogP contribution in [0.4, 0.5) is 0 Å². The lowest BCUT2D eigenvalue weighted by molar-refractivity contribution is 0.166. The molecule has 1 heterocycles. The van der Waals surface area contributed by atoms with Gasteiger partial charge in [0.15, 0.2) is 0 Å². The maximum Gasteiger partial charge on any atom is 0.150 e. The van der Waals surface area contributed by atoms with E-state index in [1.807, 2.05) is 12.3 Å². The van der Waals surface area contributed by atoms with Crippen LogP contribution >= 0.6 is 11.3 Å². The molecule has 1 unspecified atom stereocenters. The molecule has 0 amide bonds. The van der Waals surface area contributed by atoms with Crippen LogP contribution in [-0.2, 0) is 9.84 Å². The summed E-state index contributed by atoms with van der Waals surface area (Å²) in [5.74, 6) is 0.310. The van der Waals surface area contributed by atoms with Gasteiger partial charge in [0.05, 0.1) is 5.75 Å². The van der Waals surface area contributed by atoms with Crippen molar-refractivity contribution in [1.29, 1.82) is 0 Å². The Morgan fingerprint density at radius 1 is 1.56 bits per heavy atom. The molecule has 0 fully saturated rings. The second kappa shape index (κ2) is 5.75. The fourth-order valence-electron chi connectivity index (χ4n) is 1.29. The zero-order valence-corrected chi connectivity index (χ0v) is 11.1. The van der Waals surface area contributed by atoms with E-state index in [0.29, 0.717) is 17.8 Å². The average molecular weight is 263 g/mol. The standard InChI is InChI=1S/C10H17NO3S2/c1-3-16(13,14)6-4-5-9(12)10-11-8(2)7-15-10/h7,9,12H,3-6H2,1-2H3. The predicted octanol–water partition coefficient (Wildman–Crippen LogP) is 1.70. The molecule has 1 atom stereocenters. The fraction of sp³-hybridized carbons (Fsp3) is 0.700. The minimum absolute atomic E-state index is 0.144. The number of hydrogen-bond donors (Lipinski definition) is 1. The van der Waals surface area contributed by atoms with Gasteiger partial charge in [0.1, 0.15) is 20.9 Å². The molecule has 0 aromatic carbocycles. The van der Waals surface area contributed by atoms with Gasteiger partial charge in [-0.15, -0.1) is 11.3 Å². The number of aliphatic hydroxyl groups excluding tert-OH is 1. The van der Waals surface area contributed by atoms with E-state index in [9.17, 15) is 13.5 Å². The van der Waals surface area contributed by atoms with Crippen molar-refractivity contribution in [3.05, 3.63) is 16.1 Å². The first-order chi connectivity index (χ1) is 7.44. The molecule has 1 aromatic heterocycles. The summed E-state index contributed by atoms with van der Waals surface area (Å²) < 4.78 is 22.5. The highest BCUT2D eigenvalue weighted by Gasteiger charge is 2.13. The highest BCUT2D eigenvalue weighted by molar-refractivity contribution is 7.91. The Balaban J connectivity index is 2.39. The number of aromatic nitrogens is 1. The van der Waals surface area contributed by atoms with E-state index in [1.54, 1.807) is 6.92 Å². The first-order valence-corrected chi connectivity index (χ1v) is 7.95. The number of thiazole rings is 1. The number of sulfone groups is 1. The maximum absolute atomic E-state index is 11.2. The molecule has 4 nitrogen and oxygen atoms in total. The third-order valence-electron chi connectivity index (χ3n) is 2.29. The third-order valence-corrected chi connectivity index (χ3v) is 5.15. The quantitative estimate of drug-likeness (QED) is 0.848. The Kier molecular flexibility index (Phi) is 4.89. The molecule has 1 rings (SSSR count). The molecule has 0 saturated carbocycles.